The van der Waals surface area contributed by atoms with Gasteiger partial charge in [-0.1, -0.05) is 19.9 Å². The van der Waals surface area contributed by atoms with Gasteiger partial charge in [-0.25, -0.2) is 0 Å². The van der Waals surface area contributed by atoms with Crippen LogP contribution in [0.2, 0.25) is 0 Å². The average molecular weight is 274 g/mol. The van der Waals surface area contributed by atoms with E-state index in [4.69, 9.17) is 10.2 Å². The third-order valence-electron chi connectivity index (χ3n) is 2.80. The van der Waals surface area contributed by atoms with E-state index < -0.39 is 6.04 Å². The molecule has 6 nitrogen and oxygen atoms in total. The molecule has 1 amide bonds. The lowest BCUT2D eigenvalue weighted by Crippen LogP contribution is -2.36. The van der Waals surface area contributed by atoms with Crippen LogP contribution in [0.25, 0.3) is 11.5 Å². The summed E-state index contributed by atoms with van der Waals surface area (Å²) in [7, 11) is 0. The monoisotopic (exact) mass is 274 g/mol. The van der Waals surface area contributed by atoms with Crippen LogP contribution >= 0.6 is 0 Å². The van der Waals surface area contributed by atoms with Gasteiger partial charge in [0.2, 0.25) is 18.2 Å². The molecule has 0 saturated heterocycles. The van der Waals surface area contributed by atoms with E-state index in [-0.39, 0.29) is 5.91 Å². The molecule has 1 heterocycles. The van der Waals surface area contributed by atoms with Gasteiger partial charge >= 0.3 is 0 Å². The predicted molar refractivity (Wildman–Crippen MR) is 75.8 cm³/mol. The molecule has 1 aromatic carbocycles. The second-order valence-electron chi connectivity index (χ2n) is 5.05. The second-order valence-corrected chi connectivity index (χ2v) is 5.05. The first-order valence-corrected chi connectivity index (χ1v) is 6.49. The minimum absolute atomic E-state index is 0.193. The van der Waals surface area contributed by atoms with Gasteiger partial charge in [-0.3, -0.25) is 4.79 Å². The summed E-state index contributed by atoms with van der Waals surface area (Å²) in [4.78, 5) is 12.0. The number of amides is 1. The third-order valence-corrected chi connectivity index (χ3v) is 2.80. The minimum atomic E-state index is -0.512. The summed E-state index contributed by atoms with van der Waals surface area (Å²) in [6, 6.07) is 6.69. The number of anilines is 1. The molecule has 1 atom stereocenters. The molecule has 0 fully saturated rings. The van der Waals surface area contributed by atoms with E-state index in [1.807, 2.05) is 26.0 Å². The predicted octanol–water partition coefficient (Wildman–Crippen LogP) is 2.05. The van der Waals surface area contributed by atoms with Crippen LogP contribution in [0.4, 0.5) is 5.69 Å². The number of carbonyl (C=O) groups is 1. The van der Waals surface area contributed by atoms with Crippen molar-refractivity contribution in [2.75, 3.05) is 5.32 Å². The van der Waals surface area contributed by atoms with Gasteiger partial charge < -0.3 is 15.5 Å². The Morgan fingerprint density at radius 2 is 2.25 bits per heavy atom. The van der Waals surface area contributed by atoms with Crippen LogP contribution in [0, 0.1) is 5.92 Å². The standard InChI is InChI=1S/C14H18N4O2/c1-9(2)6-12(15)13(19)17-11-5-3-4-10(7-11)14-18-16-8-20-14/h3-5,7-9,12H,6,15H2,1-2H3,(H,17,19). The Morgan fingerprint density at radius 3 is 2.90 bits per heavy atom. The Labute approximate surface area is 117 Å². The van der Waals surface area contributed by atoms with Crippen LogP contribution in [0.5, 0.6) is 0 Å². The highest BCUT2D eigenvalue weighted by Crippen LogP contribution is 2.20. The maximum Gasteiger partial charge on any atom is 0.247 e. The first kappa shape index (κ1) is 14.2. The Hall–Kier alpha value is -2.21. The molecule has 106 valence electrons. The smallest absolute Gasteiger partial charge is 0.247 e. The van der Waals surface area contributed by atoms with Crippen molar-refractivity contribution in [1.29, 1.82) is 0 Å². The molecular formula is C14H18N4O2. The Morgan fingerprint density at radius 1 is 1.45 bits per heavy atom. The van der Waals surface area contributed by atoms with Crippen molar-refractivity contribution < 1.29 is 9.21 Å². The quantitative estimate of drug-likeness (QED) is 0.870. The van der Waals surface area contributed by atoms with Crippen molar-refractivity contribution in [2.24, 2.45) is 11.7 Å². The van der Waals surface area contributed by atoms with Gasteiger partial charge in [-0.05, 0) is 30.5 Å². The maximum absolute atomic E-state index is 12.0. The molecule has 6 heteroatoms. The van der Waals surface area contributed by atoms with Crippen LogP contribution < -0.4 is 11.1 Å². The molecule has 0 saturated carbocycles. The molecule has 0 aliphatic heterocycles. The number of hydrogen-bond acceptors (Lipinski definition) is 5. The summed E-state index contributed by atoms with van der Waals surface area (Å²) >= 11 is 0. The van der Waals surface area contributed by atoms with Crippen molar-refractivity contribution in [1.82, 2.24) is 10.2 Å². The summed E-state index contributed by atoms with van der Waals surface area (Å²) in [6.07, 6.45) is 1.91. The number of nitrogens with zero attached hydrogens (tertiary/aromatic N) is 2. The second kappa shape index (κ2) is 6.29. The van der Waals surface area contributed by atoms with Gasteiger partial charge in [0.25, 0.3) is 0 Å². The molecule has 20 heavy (non-hydrogen) atoms. The molecule has 0 bridgehead atoms. The average Bonchev–Trinajstić information content (AvgIpc) is 2.92. The fourth-order valence-electron chi connectivity index (χ4n) is 1.88. The van der Waals surface area contributed by atoms with Crippen LogP contribution in [0.3, 0.4) is 0 Å². The van der Waals surface area contributed by atoms with E-state index in [1.165, 1.54) is 6.39 Å². The molecular weight excluding hydrogens is 256 g/mol. The number of benzene rings is 1. The number of carbonyl (C=O) groups excluding carboxylic acids is 1. The van der Waals surface area contributed by atoms with Crippen molar-refractivity contribution in [3.05, 3.63) is 30.7 Å². The zero-order valence-electron chi connectivity index (χ0n) is 11.5. The third kappa shape index (κ3) is 3.64. The van der Waals surface area contributed by atoms with Crippen LogP contribution in [0.15, 0.2) is 35.1 Å². The molecule has 0 spiro atoms. The fourth-order valence-corrected chi connectivity index (χ4v) is 1.88. The van der Waals surface area contributed by atoms with Gasteiger partial charge in [0.15, 0.2) is 0 Å². The van der Waals surface area contributed by atoms with Crippen LogP contribution in [-0.2, 0) is 4.79 Å². The lowest BCUT2D eigenvalue weighted by Gasteiger charge is -2.14. The highest BCUT2D eigenvalue weighted by molar-refractivity contribution is 5.95. The SMILES string of the molecule is CC(C)CC(N)C(=O)Nc1cccc(-c2nnco2)c1. The van der Waals surface area contributed by atoms with E-state index in [9.17, 15) is 4.79 Å². The molecule has 1 aromatic heterocycles. The van der Waals surface area contributed by atoms with Crippen molar-refractivity contribution in [2.45, 2.75) is 26.3 Å². The van der Waals surface area contributed by atoms with E-state index in [1.54, 1.807) is 12.1 Å². The number of hydrogen-bond donors (Lipinski definition) is 2. The van der Waals surface area contributed by atoms with E-state index in [0.717, 1.165) is 5.56 Å². The van der Waals surface area contributed by atoms with E-state index in [0.29, 0.717) is 23.9 Å². The number of aromatic nitrogens is 2. The lowest BCUT2D eigenvalue weighted by molar-refractivity contribution is -0.117. The summed E-state index contributed by atoms with van der Waals surface area (Å²) in [5, 5.41) is 10.2. The van der Waals surface area contributed by atoms with Gasteiger partial charge in [0.05, 0.1) is 6.04 Å². The minimum Gasteiger partial charge on any atom is -0.423 e. The van der Waals surface area contributed by atoms with Gasteiger partial charge in [0.1, 0.15) is 0 Å². The Kier molecular flexibility index (Phi) is 4.47. The molecule has 0 radical (unpaired) electrons. The van der Waals surface area contributed by atoms with Crippen LogP contribution in [0.1, 0.15) is 20.3 Å². The molecule has 3 N–H and O–H groups in total. The molecule has 1 unspecified atom stereocenters. The number of nitrogens with two attached hydrogens (primary N) is 1. The maximum atomic E-state index is 12.0. The lowest BCUT2D eigenvalue weighted by atomic mass is 10.0. The molecule has 0 aliphatic carbocycles. The topological polar surface area (TPSA) is 94.0 Å². The highest BCUT2D eigenvalue weighted by atomic mass is 16.4. The van der Waals surface area contributed by atoms with Gasteiger partial charge in [0, 0.05) is 11.3 Å². The normalized spacial score (nSPS) is 12.4. The summed E-state index contributed by atoms with van der Waals surface area (Å²) in [6.45, 7) is 4.06. The molecule has 2 aromatic rings. The Bertz CT molecular complexity index is 566. The largest absolute Gasteiger partial charge is 0.423 e. The zero-order chi connectivity index (χ0) is 14.5. The number of nitrogens with one attached hydrogen (secondary N) is 1. The zero-order valence-corrected chi connectivity index (χ0v) is 11.5. The molecule has 2 rings (SSSR count). The van der Waals surface area contributed by atoms with E-state index in [2.05, 4.69) is 15.5 Å². The fraction of sp³-hybridized carbons (Fsp3) is 0.357. The summed E-state index contributed by atoms with van der Waals surface area (Å²) in [5.41, 5.74) is 7.25. The van der Waals surface area contributed by atoms with Gasteiger partial charge in [-0.2, -0.15) is 0 Å². The van der Waals surface area contributed by atoms with Crippen molar-refractivity contribution >= 4 is 11.6 Å². The number of rotatable bonds is 5. The summed E-state index contributed by atoms with van der Waals surface area (Å²) < 4.78 is 5.12. The first-order valence-electron chi connectivity index (χ1n) is 6.49. The van der Waals surface area contributed by atoms with Crippen molar-refractivity contribution in [3.63, 3.8) is 0 Å². The van der Waals surface area contributed by atoms with Gasteiger partial charge in [-0.15, -0.1) is 10.2 Å². The highest BCUT2D eigenvalue weighted by Gasteiger charge is 2.15. The molecule has 0 aliphatic rings. The van der Waals surface area contributed by atoms with Crippen LogP contribution in [-0.4, -0.2) is 22.1 Å². The Balaban J connectivity index is 2.07. The van der Waals surface area contributed by atoms with E-state index >= 15 is 0 Å². The summed E-state index contributed by atoms with van der Waals surface area (Å²) in [5.74, 6) is 0.592. The first-order chi connectivity index (χ1) is 9.56. The van der Waals surface area contributed by atoms with Crippen molar-refractivity contribution in [3.8, 4) is 11.5 Å².